The number of fused-ring (bicyclic) bond motifs is 1. The Morgan fingerprint density at radius 3 is 2.78 bits per heavy atom. The van der Waals surface area contributed by atoms with Crippen LogP contribution in [-0.4, -0.2) is 37.2 Å². The first kappa shape index (κ1) is 12.2. The predicted octanol–water partition coefficient (Wildman–Crippen LogP) is -0.228. The largest absolute Gasteiger partial charge is 0.476 e. The maximum Gasteiger partial charge on any atom is 0.357 e. The molecule has 0 aliphatic heterocycles. The molecule has 2 aromatic rings. The summed E-state index contributed by atoms with van der Waals surface area (Å²) < 4.78 is 5.69. The summed E-state index contributed by atoms with van der Waals surface area (Å²) in [6.07, 6.45) is -0.831. The molecule has 0 aliphatic carbocycles. The summed E-state index contributed by atoms with van der Waals surface area (Å²) >= 11 is 0. The van der Waals surface area contributed by atoms with Crippen molar-refractivity contribution < 1.29 is 19.5 Å². The molecular formula is C10H11N3O5. The van der Waals surface area contributed by atoms with E-state index < -0.39 is 17.6 Å². The number of nitrogens with zero attached hydrogens (tertiary/aromatic N) is 3. The molecule has 0 spiro atoms. The van der Waals surface area contributed by atoms with Gasteiger partial charge in [0.2, 0.25) is 0 Å². The molecule has 2 N–H and O–H groups in total. The van der Waals surface area contributed by atoms with Gasteiger partial charge in [-0.1, -0.05) is 5.16 Å². The molecule has 2 rings (SSSR count). The van der Waals surface area contributed by atoms with E-state index >= 15 is 0 Å². The van der Waals surface area contributed by atoms with Gasteiger partial charge in [-0.2, -0.15) is 5.10 Å². The number of aryl methyl sites for hydroxylation is 1. The smallest absolute Gasteiger partial charge is 0.357 e. The van der Waals surface area contributed by atoms with Gasteiger partial charge in [0, 0.05) is 0 Å². The minimum Gasteiger partial charge on any atom is -0.476 e. The van der Waals surface area contributed by atoms with Crippen LogP contribution < -0.4 is 5.56 Å². The Labute approximate surface area is 100 Å². The number of aromatic nitrogens is 3. The van der Waals surface area contributed by atoms with Crippen molar-refractivity contribution in [3.8, 4) is 0 Å². The Kier molecular flexibility index (Phi) is 2.87. The summed E-state index contributed by atoms with van der Waals surface area (Å²) in [4.78, 5) is 23.0. The topological polar surface area (TPSA) is 118 Å². The van der Waals surface area contributed by atoms with Crippen LogP contribution in [0.3, 0.4) is 0 Å². The first-order valence-corrected chi connectivity index (χ1v) is 5.20. The van der Waals surface area contributed by atoms with Crippen LogP contribution in [0.15, 0.2) is 9.32 Å². The second-order valence-electron chi connectivity index (χ2n) is 3.95. The molecule has 2 heterocycles. The molecule has 8 nitrogen and oxygen atoms in total. The number of carboxylic acid groups (broad SMARTS) is 1. The van der Waals surface area contributed by atoms with E-state index in [0.29, 0.717) is 0 Å². The Morgan fingerprint density at radius 1 is 1.56 bits per heavy atom. The van der Waals surface area contributed by atoms with E-state index in [1.165, 1.54) is 13.8 Å². The number of aliphatic hydroxyl groups excluding tert-OH is 1. The van der Waals surface area contributed by atoms with Crippen LogP contribution in [0.1, 0.15) is 23.2 Å². The molecule has 0 radical (unpaired) electrons. The van der Waals surface area contributed by atoms with Gasteiger partial charge in [-0.15, -0.1) is 0 Å². The highest BCUT2D eigenvalue weighted by Gasteiger charge is 2.22. The summed E-state index contributed by atoms with van der Waals surface area (Å²) in [7, 11) is 0. The molecule has 8 heteroatoms. The SMILES string of the molecule is Cc1onc2c(=O)n(CC(C)O)nc(C(=O)O)c12. The molecule has 0 aromatic carbocycles. The lowest BCUT2D eigenvalue weighted by atomic mass is 10.2. The highest BCUT2D eigenvalue weighted by molar-refractivity contribution is 6.00. The normalized spacial score (nSPS) is 12.8. The van der Waals surface area contributed by atoms with Gasteiger partial charge >= 0.3 is 5.97 Å². The molecule has 0 fully saturated rings. The molecule has 0 saturated heterocycles. The van der Waals surface area contributed by atoms with Gasteiger partial charge in [-0.25, -0.2) is 9.48 Å². The van der Waals surface area contributed by atoms with Crippen LogP contribution >= 0.6 is 0 Å². The molecule has 0 aliphatic rings. The van der Waals surface area contributed by atoms with Crippen LogP contribution in [0.2, 0.25) is 0 Å². The predicted molar refractivity (Wildman–Crippen MR) is 59.4 cm³/mol. The van der Waals surface area contributed by atoms with Gasteiger partial charge in [0.25, 0.3) is 5.56 Å². The minimum absolute atomic E-state index is 0.0920. The second kappa shape index (κ2) is 4.22. The highest BCUT2D eigenvalue weighted by atomic mass is 16.5. The van der Waals surface area contributed by atoms with Crippen LogP contribution in [-0.2, 0) is 6.54 Å². The lowest BCUT2D eigenvalue weighted by Gasteiger charge is -2.07. The van der Waals surface area contributed by atoms with E-state index in [-0.39, 0.29) is 28.9 Å². The number of carbonyl (C=O) groups is 1. The van der Waals surface area contributed by atoms with E-state index in [4.69, 9.17) is 9.63 Å². The fourth-order valence-corrected chi connectivity index (χ4v) is 1.66. The number of hydrogen-bond donors (Lipinski definition) is 2. The van der Waals surface area contributed by atoms with E-state index in [1.807, 2.05) is 0 Å². The number of hydrogen-bond acceptors (Lipinski definition) is 6. The Balaban J connectivity index is 2.80. The monoisotopic (exact) mass is 253 g/mol. The molecule has 1 atom stereocenters. The van der Waals surface area contributed by atoms with Crippen LogP contribution in [0.5, 0.6) is 0 Å². The van der Waals surface area contributed by atoms with Crippen molar-refractivity contribution in [3.63, 3.8) is 0 Å². The Bertz CT molecular complexity index is 670. The zero-order valence-corrected chi connectivity index (χ0v) is 9.75. The summed E-state index contributed by atoms with van der Waals surface area (Å²) in [5.74, 6) is -1.07. The minimum atomic E-state index is -1.29. The van der Waals surface area contributed by atoms with Gasteiger partial charge in [-0.3, -0.25) is 4.79 Å². The quantitative estimate of drug-likeness (QED) is 0.775. The molecular weight excluding hydrogens is 242 g/mol. The third-order valence-corrected chi connectivity index (χ3v) is 2.40. The molecule has 1 unspecified atom stereocenters. The van der Waals surface area contributed by atoms with Crippen molar-refractivity contribution in [2.24, 2.45) is 0 Å². The average molecular weight is 253 g/mol. The molecule has 18 heavy (non-hydrogen) atoms. The van der Waals surface area contributed by atoms with Crippen LogP contribution in [0, 0.1) is 6.92 Å². The number of aromatic carboxylic acids is 1. The van der Waals surface area contributed by atoms with Crippen molar-refractivity contribution >= 4 is 16.9 Å². The summed E-state index contributed by atoms with van der Waals surface area (Å²) in [5.41, 5.74) is -1.00. The van der Waals surface area contributed by atoms with Crippen molar-refractivity contribution in [1.29, 1.82) is 0 Å². The fourth-order valence-electron chi connectivity index (χ4n) is 1.66. The van der Waals surface area contributed by atoms with Gasteiger partial charge < -0.3 is 14.7 Å². The van der Waals surface area contributed by atoms with Crippen molar-refractivity contribution in [2.45, 2.75) is 26.5 Å². The zero-order chi connectivity index (χ0) is 13.4. The van der Waals surface area contributed by atoms with E-state index in [2.05, 4.69) is 10.3 Å². The molecule has 0 saturated carbocycles. The number of rotatable bonds is 3. The third kappa shape index (κ3) is 1.86. The number of aliphatic hydroxyl groups is 1. The number of carboxylic acids is 1. The highest BCUT2D eigenvalue weighted by Crippen LogP contribution is 2.17. The van der Waals surface area contributed by atoms with Crippen LogP contribution in [0.25, 0.3) is 10.9 Å². The van der Waals surface area contributed by atoms with Gasteiger partial charge in [-0.05, 0) is 13.8 Å². The van der Waals surface area contributed by atoms with E-state index in [9.17, 15) is 14.7 Å². The van der Waals surface area contributed by atoms with Crippen LogP contribution in [0.4, 0.5) is 0 Å². The van der Waals surface area contributed by atoms with E-state index in [1.54, 1.807) is 0 Å². The summed E-state index contributed by atoms with van der Waals surface area (Å²) in [5, 5.41) is 25.7. The van der Waals surface area contributed by atoms with Gasteiger partial charge in [0.1, 0.15) is 5.76 Å². The molecule has 2 aromatic heterocycles. The lowest BCUT2D eigenvalue weighted by molar-refractivity contribution is 0.0688. The second-order valence-corrected chi connectivity index (χ2v) is 3.95. The Morgan fingerprint density at radius 2 is 2.22 bits per heavy atom. The lowest BCUT2D eigenvalue weighted by Crippen LogP contribution is -2.29. The standard InChI is InChI=1S/C10H11N3O5/c1-4(14)3-13-9(15)7-6(5(2)18-12-7)8(11-13)10(16)17/h4,14H,3H2,1-2H3,(H,16,17). The zero-order valence-electron chi connectivity index (χ0n) is 9.75. The van der Waals surface area contributed by atoms with Crippen molar-refractivity contribution in [2.75, 3.05) is 0 Å². The Hall–Kier alpha value is -2.22. The van der Waals surface area contributed by atoms with Crippen molar-refractivity contribution in [3.05, 3.63) is 21.8 Å². The van der Waals surface area contributed by atoms with E-state index in [0.717, 1.165) is 4.68 Å². The first-order chi connectivity index (χ1) is 8.41. The van der Waals surface area contributed by atoms with Gasteiger partial charge in [0.05, 0.1) is 18.0 Å². The fraction of sp³-hybridized carbons (Fsp3) is 0.400. The summed E-state index contributed by atoms with van der Waals surface area (Å²) in [6.45, 7) is 2.86. The molecule has 96 valence electrons. The third-order valence-electron chi connectivity index (χ3n) is 2.40. The molecule has 0 bridgehead atoms. The molecule has 0 amide bonds. The maximum atomic E-state index is 11.9. The van der Waals surface area contributed by atoms with Gasteiger partial charge in [0.15, 0.2) is 11.2 Å². The summed E-state index contributed by atoms with van der Waals surface area (Å²) in [6, 6.07) is 0. The maximum absolute atomic E-state index is 11.9. The average Bonchev–Trinajstić information content (AvgIpc) is 2.64. The first-order valence-electron chi connectivity index (χ1n) is 5.20. The van der Waals surface area contributed by atoms with Crippen molar-refractivity contribution in [1.82, 2.24) is 14.9 Å².